The van der Waals surface area contributed by atoms with Crippen LogP contribution < -0.4 is 5.32 Å². The molecule has 1 aromatic heterocycles. The minimum absolute atomic E-state index is 0.274. The molecule has 0 fully saturated rings. The summed E-state index contributed by atoms with van der Waals surface area (Å²) >= 11 is 5.94. The number of nitrogens with zero attached hydrogens (tertiary/aromatic N) is 2. The van der Waals surface area contributed by atoms with Gasteiger partial charge >= 0.3 is 0 Å². The Labute approximate surface area is 105 Å². The number of aromatic nitrogens is 2. The third-order valence-electron chi connectivity index (χ3n) is 2.96. The second-order valence-electron chi connectivity index (χ2n) is 3.87. The van der Waals surface area contributed by atoms with Gasteiger partial charge in [-0.1, -0.05) is 25.4 Å². The van der Waals surface area contributed by atoms with Crippen LogP contribution in [-0.4, -0.2) is 16.1 Å². The molecule has 0 saturated heterocycles. The van der Waals surface area contributed by atoms with Gasteiger partial charge in [-0.2, -0.15) is 10.4 Å². The maximum atomic E-state index is 12.0. The molecule has 17 heavy (non-hydrogen) atoms. The molecule has 5 nitrogen and oxygen atoms in total. The van der Waals surface area contributed by atoms with E-state index >= 15 is 0 Å². The van der Waals surface area contributed by atoms with Gasteiger partial charge in [0.2, 0.25) is 5.91 Å². The van der Waals surface area contributed by atoms with Gasteiger partial charge < -0.3 is 5.32 Å². The molecule has 0 radical (unpaired) electrons. The number of H-pyrrole nitrogens is 1. The van der Waals surface area contributed by atoms with Gasteiger partial charge in [-0.15, -0.1) is 0 Å². The Morgan fingerprint density at radius 2 is 2.18 bits per heavy atom. The quantitative estimate of drug-likeness (QED) is 0.867. The molecule has 6 heteroatoms. The summed E-state index contributed by atoms with van der Waals surface area (Å²) in [5, 5.41) is 18.6. The Bertz CT molecular complexity index is 457. The highest BCUT2D eigenvalue weighted by molar-refractivity contribution is 6.34. The van der Waals surface area contributed by atoms with Crippen molar-refractivity contribution in [2.24, 2.45) is 5.41 Å². The number of halogens is 1. The fourth-order valence-corrected chi connectivity index (χ4v) is 1.64. The third-order valence-corrected chi connectivity index (χ3v) is 3.42. The van der Waals surface area contributed by atoms with Crippen molar-refractivity contribution in [2.45, 2.75) is 33.6 Å². The Morgan fingerprint density at radius 3 is 2.53 bits per heavy atom. The molecular formula is C11H15ClN4O. The van der Waals surface area contributed by atoms with Crippen LogP contribution in [0.3, 0.4) is 0 Å². The van der Waals surface area contributed by atoms with Crippen molar-refractivity contribution in [1.29, 1.82) is 5.26 Å². The van der Waals surface area contributed by atoms with Gasteiger partial charge in [-0.3, -0.25) is 9.89 Å². The van der Waals surface area contributed by atoms with Crippen molar-refractivity contribution in [3.8, 4) is 6.07 Å². The molecule has 1 heterocycles. The zero-order chi connectivity index (χ0) is 13.1. The van der Waals surface area contributed by atoms with Crippen LogP contribution in [0.2, 0.25) is 5.02 Å². The van der Waals surface area contributed by atoms with Gasteiger partial charge in [-0.25, -0.2) is 0 Å². The minimum atomic E-state index is -1.02. The molecule has 0 saturated carbocycles. The number of hydrogen-bond donors (Lipinski definition) is 2. The molecule has 0 unspecified atom stereocenters. The van der Waals surface area contributed by atoms with Crippen LogP contribution in [0.1, 0.15) is 32.4 Å². The lowest BCUT2D eigenvalue weighted by Crippen LogP contribution is -2.34. The van der Waals surface area contributed by atoms with Crippen LogP contribution in [0.5, 0.6) is 0 Å². The van der Waals surface area contributed by atoms with E-state index in [0.717, 1.165) is 0 Å². The van der Waals surface area contributed by atoms with Gasteiger partial charge in [0.1, 0.15) is 10.4 Å². The fraction of sp³-hybridized carbons (Fsp3) is 0.545. The maximum absolute atomic E-state index is 12.0. The predicted octanol–water partition coefficient (Wildman–Crippen LogP) is 2.64. The van der Waals surface area contributed by atoms with Gasteiger partial charge in [0, 0.05) is 0 Å². The van der Waals surface area contributed by atoms with E-state index in [2.05, 4.69) is 21.6 Å². The predicted molar refractivity (Wildman–Crippen MR) is 65.6 cm³/mol. The summed E-state index contributed by atoms with van der Waals surface area (Å²) in [6.07, 6.45) is 0.902. The Hall–Kier alpha value is -1.54. The van der Waals surface area contributed by atoms with E-state index in [9.17, 15) is 4.79 Å². The summed E-state index contributed by atoms with van der Waals surface area (Å²) in [7, 11) is 0. The van der Waals surface area contributed by atoms with Crippen molar-refractivity contribution < 1.29 is 4.79 Å². The molecule has 0 atom stereocenters. The number of nitriles is 1. The highest BCUT2D eigenvalue weighted by atomic mass is 35.5. The summed E-state index contributed by atoms with van der Waals surface area (Å²) in [5.41, 5.74) is -0.339. The number of aryl methyl sites for hydroxylation is 1. The molecule has 1 amide bonds. The highest BCUT2D eigenvalue weighted by Crippen LogP contribution is 2.29. The maximum Gasteiger partial charge on any atom is 0.246 e. The highest BCUT2D eigenvalue weighted by Gasteiger charge is 2.35. The number of anilines is 1. The lowest BCUT2D eigenvalue weighted by atomic mass is 9.83. The van der Waals surface area contributed by atoms with E-state index in [4.69, 9.17) is 16.9 Å². The first-order valence-corrected chi connectivity index (χ1v) is 5.81. The van der Waals surface area contributed by atoms with Crippen molar-refractivity contribution in [3.63, 3.8) is 0 Å². The number of rotatable bonds is 4. The first-order chi connectivity index (χ1) is 8.00. The lowest BCUT2D eigenvalue weighted by molar-refractivity contribution is -0.123. The first kappa shape index (κ1) is 13.5. The molecule has 0 aliphatic carbocycles. The number of carbonyl (C=O) groups excluding carboxylic acids is 1. The standard InChI is InChI=1S/C11H15ClN4O/c1-4-11(5-2,6-13)10(17)14-9-8(12)7(3)15-16-9/h4-5H2,1-3H3,(H2,14,15,16,17). The summed E-state index contributed by atoms with van der Waals surface area (Å²) in [5.74, 6) is -0.0888. The number of nitrogens with one attached hydrogen (secondary N) is 2. The van der Waals surface area contributed by atoms with Gasteiger partial charge in [-0.05, 0) is 19.8 Å². The van der Waals surface area contributed by atoms with Crippen molar-refractivity contribution in [2.75, 3.05) is 5.32 Å². The molecule has 1 rings (SSSR count). The summed E-state index contributed by atoms with van der Waals surface area (Å²) in [4.78, 5) is 12.0. The summed E-state index contributed by atoms with van der Waals surface area (Å²) < 4.78 is 0. The van der Waals surface area contributed by atoms with Gasteiger partial charge in [0.15, 0.2) is 5.82 Å². The average Bonchev–Trinajstić information content (AvgIpc) is 2.64. The largest absolute Gasteiger partial charge is 0.307 e. The van der Waals surface area contributed by atoms with E-state index < -0.39 is 5.41 Å². The van der Waals surface area contributed by atoms with Gasteiger partial charge in [0.25, 0.3) is 0 Å². The van der Waals surface area contributed by atoms with Crippen molar-refractivity contribution in [1.82, 2.24) is 10.2 Å². The second kappa shape index (κ2) is 5.19. The molecule has 0 aliphatic heterocycles. The molecular weight excluding hydrogens is 240 g/mol. The molecule has 0 spiro atoms. The van der Waals surface area contributed by atoms with Crippen molar-refractivity contribution in [3.05, 3.63) is 10.7 Å². The van der Waals surface area contributed by atoms with E-state index in [-0.39, 0.29) is 11.7 Å². The summed E-state index contributed by atoms with van der Waals surface area (Å²) in [6, 6.07) is 2.07. The minimum Gasteiger partial charge on any atom is -0.307 e. The SMILES string of the molecule is CCC(C#N)(CC)C(=O)Nc1n[nH]c(C)c1Cl. The van der Waals surface area contributed by atoms with Crippen LogP contribution >= 0.6 is 11.6 Å². The first-order valence-electron chi connectivity index (χ1n) is 5.44. The number of carbonyl (C=O) groups is 1. The van der Waals surface area contributed by atoms with Crippen LogP contribution in [0.15, 0.2) is 0 Å². The zero-order valence-corrected chi connectivity index (χ0v) is 10.9. The topological polar surface area (TPSA) is 81.6 Å². The van der Waals surface area contributed by atoms with E-state index in [1.54, 1.807) is 6.92 Å². The number of aromatic amines is 1. The molecule has 0 bridgehead atoms. The Morgan fingerprint density at radius 1 is 1.59 bits per heavy atom. The molecule has 0 aliphatic rings. The van der Waals surface area contributed by atoms with Crippen LogP contribution in [0.4, 0.5) is 5.82 Å². The zero-order valence-electron chi connectivity index (χ0n) is 10.1. The van der Waals surface area contributed by atoms with Crippen LogP contribution in [0, 0.1) is 23.7 Å². The Kier molecular flexibility index (Phi) is 4.13. The monoisotopic (exact) mass is 254 g/mol. The number of hydrogen-bond acceptors (Lipinski definition) is 3. The Balaban J connectivity index is 2.93. The van der Waals surface area contributed by atoms with E-state index in [1.807, 2.05) is 13.8 Å². The van der Waals surface area contributed by atoms with Crippen LogP contribution in [-0.2, 0) is 4.79 Å². The van der Waals surface area contributed by atoms with Crippen molar-refractivity contribution >= 4 is 23.3 Å². The fourth-order valence-electron chi connectivity index (χ4n) is 1.51. The second-order valence-corrected chi connectivity index (χ2v) is 4.24. The molecule has 0 aromatic carbocycles. The van der Waals surface area contributed by atoms with Gasteiger partial charge in [0.05, 0.1) is 11.8 Å². The number of amides is 1. The molecule has 92 valence electrons. The molecule has 1 aromatic rings. The third kappa shape index (κ3) is 2.42. The molecule has 2 N–H and O–H groups in total. The lowest BCUT2D eigenvalue weighted by Gasteiger charge is -2.21. The normalized spacial score (nSPS) is 11.0. The summed E-state index contributed by atoms with van der Waals surface area (Å²) in [6.45, 7) is 5.37. The average molecular weight is 255 g/mol. The van der Waals surface area contributed by atoms with Crippen LogP contribution in [0.25, 0.3) is 0 Å². The van der Waals surface area contributed by atoms with E-state index in [0.29, 0.717) is 23.6 Å². The smallest absolute Gasteiger partial charge is 0.246 e. The van der Waals surface area contributed by atoms with E-state index in [1.165, 1.54) is 0 Å².